The van der Waals surface area contributed by atoms with E-state index in [0.717, 1.165) is 17.3 Å². The van der Waals surface area contributed by atoms with Crippen LogP contribution in [0.5, 0.6) is 0 Å². The highest BCUT2D eigenvalue weighted by molar-refractivity contribution is 7.99. The minimum Gasteiger partial charge on any atom is -0.400 e. The molecule has 1 saturated heterocycles. The van der Waals surface area contributed by atoms with Gasteiger partial charge in [0.05, 0.1) is 0 Å². The fraction of sp³-hybridized carbons (Fsp3) is 1.00. The molecule has 0 unspecified atom stereocenters. The van der Waals surface area contributed by atoms with Gasteiger partial charge >= 0.3 is 22.0 Å². The van der Waals surface area contributed by atoms with E-state index in [0.29, 0.717) is 19.8 Å². The smallest absolute Gasteiger partial charge is 0.400 e. The third-order valence-corrected chi connectivity index (χ3v) is 10.1. The van der Waals surface area contributed by atoms with Gasteiger partial charge < -0.3 is 27.7 Å². The van der Waals surface area contributed by atoms with Crippen molar-refractivity contribution in [3.05, 3.63) is 0 Å². The van der Waals surface area contributed by atoms with Crippen LogP contribution in [0.15, 0.2) is 0 Å². The predicted octanol–water partition coefficient (Wildman–Crippen LogP) is 9.34. The lowest BCUT2D eigenvalue weighted by atomic mass is 9.96. The summed E-state index contributed by atoms with van der Waals surface area (Å²) >= 11 is 5.79. The summed E-state index contributed by atoms with van der Waals surface area (Å²) in [6.45, 7) is 8.47. The van der Waals surface area contributed by atoms with E-state index in [1.165, 1.54) is 133 Å². The summed E-state index contributed by atoms with van der Waals surface area (Å²) in [6.07, 6.45) is 23.9. The van der Waals surface area contributed by atoms with Crippen LogP contribution >= 0.6 is 35.3 Å². The molecule has 0 N–H and O–H groups in total. The molecule has 0 aromatic carbocycles. The van der Waals surface area contributed by atoms with Crippen LogP contribution < -0.4 is 0 Å². The van der Waals surface area contributed by atoms with Crippen molar-refractivity contribution in [1.29, 1.82) is 0 Å². The minimum absolute atomic E-state index is 0.562. The van der Waals surface area contributed by atoms with Crippen molar-refractivity contribution in [2.75, 3.05) is 54.3 Å². The average molecular weight is 648 g/mol. The van der Waals surface area contributed by atoms with Crippen molar-refractivity contribution >= 4 is 57.2 Å². The first-order valence-electron chi connectivity index (χ1n) is 17.3. The maximum Gasteiger partial charge on any atom is 0.615 e. The zero-order valence-corrected chi connectivity index (χ0v) is 29.9. The third-order valence-electron chi connectivity index (χ3n) is 7.04. The lowest BCUT2D eigenvalue weighted by Crippen LogP contribution is -2.53. The van der Waals surface area contributed by atoms with Crippen molar-refractivity contribution in [3.63, 3.8) is 0 Å². The third kappa shape index (κ3) is 27.3. The van der Waals surface area contributed by atoms with Crippen molar-refractivity contribution < 1.29 is 27.7 Å². The zero-order valence-electron chi connectivity index (χ0n) is 27.5. The molecule has 1 heterocycles. The van der Waals surface area contributed by atoms with Gasteiger partial charge in [-0.15, -0.1) is 0 Å². The van der Waals surface area contributed by atoms with Gasteiger partial charge in [0.15, 0.2) is 0 Å². The standard InChI is InChI=1S/C30H63B3O6S3/c1-4-7-10-13-16-19-25-40-28-22-34-31-37-32(35-23-29-41-26-20-17-14-11-8-5-2)39-33(38-31)36-24-30-42-27-21-18-15-12-9-6-3/h4-30H2,1-3H3. The van der Waals surface area contributed by atoms with Gasteiger partial charge in [-0.05, 0) is 36.5 Å². The average Bonchev–Trinajstić information content (AvgIpc) is 3.00. The predicted molar refractivity (Wildman–Crippen MR) is 190 cm³/mol. The summed E-state index contributed by atoms with van der Waals surface area (Å²) in [7, 11) is -2.51. The molecule has 0 aromatic heterocycles. The normalized spacial score (nSPS) is 13.9. The van der Waals surface area contributed by atoms with E-state index in [4.69, 9.17) is 27.7 Å². The Morgan fingerprint density at radius 1 is 0.357 bits per heavy atom. The van der Waals surface area contributed by atoms with Gasteiger partial charge in [-0.2, -0.15) is 35.3 Å². The van der Waals surface area contributed by atoms with Crippen LogP contribution in [-0.2, 0) is 27.7 Å². The van der Waals surface area contributed by atoms with E-state index in [-0.39, 0.29) is 0 Å². The highest BCUT2D eigenvalue weighted by atomic mass is 32.2. The van der Waals surface area contributed by atoms with Gasteiger partial charge in [0.25, 0.3) is 0 Å². The Labute approximate surface area is 274 Å². The lowest BCUT2D eigenvalue weighted by molar-refractivity contribution is 0.0740. The molecule has 0 spiro atoms. The van der Waals surface area contributed by atoms with E-state index in [1.807, 2.05) is 35.3 Å². The number of unbranched alkanes of at least 4 members (excludes halogenated alkanes) is 15. The molecule has 1 aliphatic heterocycles. The first kappa shape index (κ1) is 41.0. The molecule has 0 atom stereocenters. The Hall–Kier alpha value is 1.00. The van der Waals surface area contributed by atoms with Gasteiger partial charge in [-0.25, -0.2) is 0 Å². The van der Waals surface area contributed by atoms with Crippen LogP contribution in [0, 0.1) is 0 Å². The van der Waals surface area contributed by atoms with Gasteiger partial charge in [0, 0.05) is 37.1 Å². The maximum absolute atomic E-state index is 5.89. The van der Waals surface area contributed by atoms with Crippen molar-refractivity contribution in [2.24, 2.45) is 0 Å². The minimum atomic E-state index is -0.838. The highest BCUT2D eigenvalue weighted by Gasteiger charge is 2.46. The van der Waals surface area contributed by atoms with E-state index >= 15 is 0 Å². The Bertz CT molecular complexity index is 471. The van der Waals surface area contributed by atoms with E-state index in [2.05, 4.69) is 20.8 Å². The number of hydrogen-bond donors (Lipinski definition) is 0. The molecule has 12 heteroatoms. The van der Waals surface area contributed by atoms with Crippen LogP contribution in [0.4, 0.5) is 0 Å². The van der Waals surface area contributed by atoms with Crippen molar-refractivity contribution in [2.45, 2.75) is 136 Å². The molecule has 246 valence electrons. The summed E-state index contributed by atoms with van der Waals surface area (Å²) in [5, 5.41) is 0. The van der Waals surface area contributed by atoms with Crippen LogP contribution in [0.25, 0.3) is 0 Å². The molecule has 1 rings (SSSR count). The second-order valence-corrected chi connectivity index (χ2v) is 14.7. The topological polar surface area (TPSA) is 55.4 Å². The Kier molecular flexibility index (Phi) is 32.6. The molecule has 0 saturated carbocycles. The van der Waals surface area contributed by atoms with Crippen LogP contribution in [0.2, 0.25) is 0 Å². The Morgan fingerprint density at radius 3 is 0.905 bits per heavy atom. The first-order valence-corrected chi connectivity index (χ1v) is 20.8. The fourth-order valence-electron chi connectivity index (χ4n) is 4.47. The van der Waals surface area contributed by atoms with Gasteiger partial charge in [-0.3, -0.25) is 0 Å². The highest BCUT2D eigenvalue weighted by Crippen LogP contribution is 2.16. The van der Waals surface area contributed by atoms with Gasteiger partial charge in [0.2, 0.25) is 0 Å². The summed E-state index contributed by atoms with van der Waals surface area (Å²) in [5.41, 5.74) is 0. The second kappa shape index (κ2) is 33.4. The second-order valence-electron chi connectivity index (χ2n) is 11.0. The molecular formula is C30H63B3O6S3. The van der Waals surface area contributed by atoms with Gasteiger partial charge in [0.1, 0.15) is 0 Å². The van der Waals surface area contributed by atoms with E-state index in [9.17, 15) is 0 Å². The van der Waals surface area contributed by atoms with Crippen molar-refractivity contribution in [1.82, 2.24) is 0 Å². The lowest BCUT2D eigenvalue weighted by Gasteiger charge is -2.28. The largest absolute Gasteiger partial charge is 0.615 e. The molecular weight excluding hydrogens is 585 g/mol. The van der Waals surface area contributed by atoms with E-state index < -0.39 is 22.0 Å². The summed E-state index contributed by atoms with van der Waals surface area (Å²) < 4.78 is 35.0. The summed E-state index contributed by atoms with van der Waals surface area (Å²) in [6, 6.07) is 0. The molecule has 1 aliphatic rings. The van der Waals surface area contributed by atoms with Crippen LogP contribution in [0.1, 0.15) is 136 Å². The molecule has 0 aromatic rings. The number of hydrogen-bond acceptors (Lipinski definition) is 9. The first-order chi connectivity index (χ1) is 20.8. The van der Waals surface area contributed by atoms with Gasteiger partial charge in [-0.1, -0.05) is 117 Å². The van der Waals surface area contributed by atoms with Crippen LogP contribution in [-0.4, -0.2) is 76.3 Å². The summed E-state index contributed by atoms with van der Waals surface area (Å²) in [4.78, 5) is 0. The van der Waals surface area contributed by atoms with Crippen LogP contribution in [0.3, 0.4) is 0 Å². The van der Waals surface area contributed by atoms with E-state index in [1.54, 1.807) is 0 Å². The molecule has 0 amide bonds. The molecule has 0 aliphatic carbocycles. The SMILES string of the molecule is CCCCCCCCSCCOB1OB(OCCSCCCCCCCC)OB(OCCSCCCCCCCC)O1. The summed E-state index contributed by atoms with van der Waals surface area (Å²) in [5.74, 6) is 6.28. The fourth-order valence-corrected chi connectivity index (χ4v) is 6.95. The molecule has 0 radical (unpaired) electrons. The quantitative estimate of drug-likeness (QED) is 0.0512. The molecule has 0 bridgehead atoms. The maximum atomic E-state index is 5.89. The monoisotopic (exact) mass is 648 g/mol. The molecule has 1 fully saturated rings. The Balaban J connectivity index is 2.23. The number of thioether (sulfide) groups is 3. The zero-order chi connectivity index (χ0) is 30.2. The Morgan fingerprint density at radius 2 is 0.619 bits per heavy atom. The molecule has 42 heavy (non-hydrogen) atoms. The van der Waals surface area contributed by atoms with Crippen molar-refractivity contribution in [3.8, 4) is 0 Å². The molecule has 6 nitrogen and oxygen atoms in total. The number of rotatable bonds is 33.